The van der Waals surface area contributed by atoms with Crippen LogP contribution in [0.2, 0.25) is 0 Å². The van der Waals surface area contributed by atoms with E-state index >= 15 is 0 Å². The SMILES string of the molecule is CCCS(=O)(=O)Nc1ccc(Nc2ccc(N3CCCCC3)cc2)nn1. The first kappa shape index (κ1) is 18.4. The van der Waals surface area contributed by atoms with Gasteiger partial charge in [-0.3, -0.25) is 4.72 Å². The van der Waals surface area contributed by atoms with Crippen molar-refractivity contribution >= 4 is 33.0 Å². The first-order valence-corrected chi connectivity index (χ1v) is 10.7. The molecule has 0 amide bonds. The van der Waals surface area contributed by atoms with Crippen molar-refractivity contribution in [1.82, 2.24) is 10.2 Å². The molecule has 1 aromatic heterocycles. The predicted molar refractivity (Wildman–Crippen MR) is 106 cm³/mol. The lowest BCUT2D eigenvalue weighted by atomic mass is 10.1. The molecule has 1 saturated heterocycles. The Hall–Kier alpha value is -2.35. The van der Waals surface area contributed by atoms with Gasteiger partial charge in [0.25, 0.3) is 0 Å². The molecule has 0 bridgehead atoms. The molecular weight excluding hydrogens is 350 g/mol. The summed E-state index contributed by atoms with van der Waals surface area (Å²) in [5, 5.41) is 11.1. The maximum Gasteiger partial charge on any atom is 0.233 e. The van der Waals surface area contributed by atoms with Crippen LogP contribution in [0.15, 0.2) is 36.4 Å². The fourth-order valence-corrected chi connectivity index (χ4v) is 4.06. The summed E-state index contributed by atoms with van der Waals surface area (Å²) in [6.07, 6.45) is 4.38. The fraction of sp³-hybridized carbons (Fsp3) is 0.444. The summed E-state index contributed by atoms with van der Waals surface area (Å²) in [5.74, 6) is 0.858. The van der Waals surface area contributed by atoms with Crippen molar-refractivity contribution < 1.29 is 8.42 Å². The molecule has 0 unspecified atom stereocenters. The van der Waals surface area contributed by atoms with Gasteiger partial charge in [-0.1, -0.05) is 6.92 Å². The molecule has 2 heterocycles. The molecule has 26 heavy (non-hydrogen) atoms. The van der Waals surface area contributed by atoms with Gasteiger partial charge in [0, 0.05) is 24.5 Å². The van der Waals surface area contributed by atoms with Crippen LogP contribution in [0.25, 0.3) is 0 Å². The Balaban J connectivity index is 1.60. The standard InChI is InChI=1S/C18H25N5O2S/c1-2-14-26(24,25)22-18-11-10-17(20-21-18)19-15-6-8-16(9-7-15)23-12-4-3-5-13-23/h6-11H,2-5,12-14H2,1H3,(H,19,20)(H,21,22). The van der Waals surface area contributed by atoms with Gasteiger partial charge in [0.1, 0.15) is 0 Å². The Kier molecular flexibility index (Phi) is 5.92. The third-order valence-electron chi connectivity index (χ3n) is 4.26. The van der Waals surface area contributed by atoms with Crippen molar-refractivity contribution in [1.29, 1.82) is 0 Å². The molecule has 140 valence electrons. The fourth-order valence-electron chi connectivity index (χ4n) is 2.99. The van der Waals surface area contributed by atoms with Crippen LogP contribution in [0.5, 0.6) is 0 Å². The first-order chi connectivity index (χ1) is 12.6. The average Bonchev–Trinajstić information content (AvgIpc) is 2.64. The number of piperidine rings is 1. The van der Waals surface area contributed by atoms with E-state index in [-0.39, 0.29) is 11.6 Å². The average molecular weight is 375 g/mol. The van der Waals surface area contributed by atoms with Crippen LogP contribution in [0.1, 0.15) is 32.6 Å². The van der Waals surface area contributed by atoms with Crippen LogP contribution in [0.4, 0.5) is 23.0 Å². The Morgan fingerprint density at radius 1 is 0.962 bits per heavy atom. The predicted octanol–water partition coefficient (Wildman–Crippen LogP) is 3.36. The van der Waals surface area contributed by atoms with Crippen LogP contribution < -0.4 is 14.9 Å². The monoisotopic (exact) mass is 375 g/mol. The van der Waals surface area contributed by atoms with Gasteiger partial charge in [-0.05, 0) is 62.1 Å². The van der Waals surface area contributed by atoms with Crippen LogP contribution in [0.3, 0.4) is 0 Å². The molecule has 0 saturated carbocycles. The van der Waals surface area contributed by atoms with E-state index in [9.17, 15) is 8.42 Å². The molecule has 3 rings (SSSR count). The topological polar surface area (TPSA) is 87.2 Å². The molecule has 1 aromatic carbocycles. The normalized spacial score (nSPS) is 14.9. The van der Waals surface area contributed by atoms with E-state index in [1.54, 1.807) is 12.1 Å². The molecule has 0 atom stereocenters. The molecule has 8 heteroatoms. The summed E-state index contributed by atoms with van der Waals surface area (Å²) < 4.78 is 25.9. The zero-order valence-corrected chi connectivity index (χ0v) is 15.8. The molecule has 0 radical (unpaired) electrons. The van der Waals surface area contributed by atoms with E-state index in [1.165, 1.54) is 24.9 Å². The van der Waals surface area contributed by atoms with E-state index in [2.05, 4.69) is 37.3 Å². The number of aromatic nitrogens is 2. The minimum Gasteiger partial charge on any atom is -0.372 e. The highest BCUT2D eigenvalue weighted by molar-refractivity contribution is 7.92. The number of benzene rings is 1. The summed E-state index contributed by atoms with van der Waals surface area (Å²) in [7, 11) is -3.35. The number of hydrogen-bond acceptors (Lipinski definition) is 6. The maximum atomic E-state index is 11.7. The minimum atomic E-state index is -3.35. The summed E-state index contributed by atoms with van der Waals surface area (Å²) in [6, 6.07) is 11.6. The molecular formula is C18H25N5O2S. The van der Waals surface area contributed by atoms with Crippen LogP contribution in [-0.4, -0.2) is 37.5 Å². The lowest BCUT2D eigenvalue weighted by Gasteiger charge is -2.28. The van der Waals surface area contributed by atoms with E-state index < -0.39 is 10.0 Å². The molecule has 1 fully saturated rings. The smallest absolute Gasteiger partial charge is 0.233 e. The number of hydrogen-bond donors (Lipinski definition) is 2. The quantitative estimate of drug-likeness (QED) is 0.772. The highest BCUT2D eigenvalue weighted by Crippen LogP contribution is 2.23. The van der Waals surface area contributed by atoms with E-state index in [0.29, 0.717) is 12.2 Å². The van der Waals surface area contributed by atoms with Crippen LogP contribution in [-0.2, 0) is 10.0 Å². The van der Waals surface area contributed by atoms with Gasteiger partial charge in [0.2, 0.25) is 10.0 Å². The third kappa shape index (κ3) is 5.08. The van der Waals surface area contributed by atoms with Gasteiger partial charge < -0.3 is 10.2 Å². The van der Waals surface area contributed by atoms with Crippen LogP contribution in [0, 0.1) is 0 Å². The summed E-state index contributed by atoms with van der Waals surface area (Å²) in [5.41, 5.74) is 2.15. The van der Waals surface area contributed by atoms with Crippen molar-refractivity contribution in [2.45, 2.75) is 32.6 Å². The zero-order chi connectivity index (χ0) is 18.4. The third-order valence-corrected chi connectivity index (χ3v) is 5.72. The number of anilines is 4. The Morgan fingerprint density at radius 2 is 1.62 bits per heavy atom. The van der Waals surface area contributed by atoms with Gasteiger partial charge in [-0.2, -0.15) is 0 Å². The van der Waals surface area contributed by atoms with Gasteiger partial charge in [-0.15, -0.1) is 10.2 Å². The molecule has 0 aliphatic carbocycles. The van der Waals surface area contributed by atoms with E-state index in [0.717, 1.165) is 18.8 Å². The number of nitrogens with zero attached hydrogens (tertiary/aromatic N) is 3. The Bertz CT molecular complexity index is 800. The van der Waals surface area contributed by atoms with E-state index in [1.807, 2.05) is 19.1 Å². The Morgan fingerprint density at radius 3 is 2.23 bits per heavy atom. The highest BCUT2D eigenvalue weighted by atomic mass is 32.2. The van der Waals surface area contributed by atoms with Gasteiger partial charge >= 0.3 is 0 Å². The lowest BCUT2D eigenvalue weighted by molar-refractivity contribution is 0.578. The second-order valence-electron chi connectivity index (χ2n) is 6.44. The summed E-state index contributed by atoms with van der Waals surface area (Å²) in [4.78, 5) is 2.41. The van der Waals surface area contributed by atoms with Gasteiger partial charge in [0.05, 0.1) is 5.75 Å². The number of nitrogens with one attached hydrogen (secondary N) is 2. The molecule has 1 aliphatic rings. The largest absolute Gasteiger partial charge is 0.372 e. The van der Waals surface area contributed by atoms with Crippen molar-refractivity contribution in [3.63, 3.8) is 0 Å². The summed E-state index contributed by atoms with van der Waals surface area (Å²) in [6.45, 7) is 4.05. The van der Waals surface area contributed by atoms with Gasteiger partial charge in [0.15, 0.2) is 11.6 Å². The maximum absolute atomic E-state index is 11.7. The van der Waals surface area contributed by atoms with Crippen molar-refractivity contribution in [3.8, 4) is 0 Å². The highest BCUT2D eigenvalue weighted by Gasteiger charge is 2.11. The van der Waals surface area contributed by atoms with Gasteiger partial charge in [-0.25, -0.2) is 8.42 Å². The van der Waals surface area contributed by atoms with Crippen LogP contribution >= 0.6 is 0 Å². The second kappa shape index (κ2) is 8.35. The lowest BCUT2D eigenvalue weighted by Crippen LogP contribution is -2.29. The van der Waals surface area contributed by atoms with Crippen molar-refractivity contribution in [2.24, 2.45) is 0 Å². The molecule has 7 nitrogen and oxygen atoms in total. The van der Waals surface area contributed by atoms with E-state index in [4.69, 9.17) is 0 Å². The minimum absolute atomic E-state index is 0.0675. The number of rotatable bonds is 7. The number of sulfonamides is 1. The summed E-state index contributed by atoms with van der Waals surface area (Å²) >= 11 is 0. The first-order valence-electron chi connectivity index (χ1n) is 9.02. The molecule has 2 aromatic rings. The second-order valence-corrected chi connectivity index (χ2v) is 8.29. The molecule has 0 spiro atoms. The van der Waals surface area contributed by atoms with Crippen molar-refractivity contribution in [3.05, 3.63) is 36.4 Å². The molecule has 2 N–H and O–H groups in total. The van der Waals surface area contributed by atoms with Crippen molar-refractivity contribution in [2.75, 3.05) is 33.8 Å². The zero-order valence-electron chi connectivity index (χ0n) is 15.0. The Labute approximate surface area is 154 Å². The molecule has 1 aliphatic heterocycles.